The molecule has 0 aliphatic heterocycles. The van der Waals surface area contributed by atoms with Crippen LogP contribution in [0.3, 0.4) is 0 Å². The molecular weight excluding hydrogens is 182 g/mol. The molecule has 12 heavy (non-hydrogen) atoms. The van der Waals surface area contributed by atoms with E-state index in [-0.39, 0.29) is 16.3 Å². The fraction of sp³-hybridized carbons (Fsp3) is 0. The van der Waals surface area contributed by atoms with Crippen molar-refractivity contribution >= 4 is 23.6 Å². The molecular formula is C7H4ClNO3. The van der Waals surface area contributed by atoms with Gasteiger partial charge in [0.2, 0.25) is 0 Å². The zero-order valence-electron chi connectivity index (χ0n) is 5.86. The number of benzene rings is 1. The Morgan fingerprint density at radius 2 is 2.17 bits per heavy atom. The molecule has 0 bridgehead atoms. The quantitative estimate of drug-likeness (QED) is 0.403. The highest BCUT2D eigenvalue weighted by atomic mass is 35.5. The minimum atomic E-state index is -0.569. The molecule has 1 rings (SSSR count). The van der Waals surface area contributed by atoms with E-state index in [0.717, 1.165) is 6.07 Å². The highest BCUT2D eigenvalue weighted by molar-refractivity contribution is 6.33. The van der Waals surface area contributed by atoms with E-state index in [9.17, 15) is 14.9 Å². The first-order chi connectivity index (χ1) is 5.65. The molecule has 0 atom stereocenters. The van der Waals surface area contributed by atoms with E-state index in [1.54, 1.807) is 0 Å². The van der Waals surface area contributed by atoms with E-state index in [4.69, 9.17) is 11.6 Å². The Morgan fingerprint density at radius 3 is 2.58 bits per heavy atom. The summed E-state index contributed by atoms with van der Waals surface area (Å²) in [6.45, 7) is 0. The summed E-state index contributed by atoms with van der Waals surface area (Å²) in [7, 11) is 0. The molecule has 0 spiro atoms. The smallest absolute Gasteiger partial charge is 0.270 e. The molecule has 0 radical (unpaired) electrons. The number of carbonyl (C=O) groups excluding carboxylic acids is 1. The second kappa shape index (κ2) is 3.32. The first-order valence-corrected chi connectivity index (χ1v) is 3.42. The van der Waals surface area contributed by atoms with Crippen molar-refractivity contribution in [3.8, 4) is 0 Å². The molecule has 62 valence electrons. The standard InChI is InChI=1S/C7H4ClNO3/c8-7-3-6(9(11)12)2-1-5(7)4-10/h1-4H. The number of aldehydes is 1. The van der Waals surface area contributed by atoms with Gasteiger partial charge < -0.3 is 0 Å². The fourth-order valence-corrected chi connectivity index (χ4v) is 0.945. The van der Waals surface area contributed by atoms with Crippen molar-refractivity contribution in [2.45, 2.75) is 0 Å². The van der Waals surface area contributed by atoms with E-state index >= 15 is 0 Å². The molecule has 0 N–H and O–H groups in total. The summed E-state index contributed by atoms with van der Waals surface area (Å²) < 4.78 is 0. The molecule has 5 heteroatoms. The molecule has 0 aliphatic carbocycles. The molecule has 0 aliphatic rings. The van der Waals surface area contributed by atoms with E-state index in [2.05, 4.69) is 0 Å². The van der Waals surface area contributed by atoms with Crippen LogP contribution in [0.15, 0.2) is 18.2 Å². The SMILES string of the molecule is O=Cc1ccc([N+](=O)[O-])cc1Cl. The predicted molar refractivity (Wildman–Crippen MR) is 43.5 cm³/mol. The van der Waals surface area contributed by atoms with Gasteiger partial charge >= 0.3 is 0 Å². The Balaban J connectivity index is 3.18. The van der Waals surface area contributed by atoms with Crippen molar-refractivity contribution in [1.82, 2.24) is 0 Å². The number of rotatable bonds is 2. The number of non-ortho nitro benzene ring substituents is 1. The maximum absolute atomic E-state index is 10.3. The second-order valence-electron chi connectivity index (χ2n) is 2.08. The minimum absolute atomic E-state index is 0.0965. The van der Waals surface area contributed by atoms with Crippen LogP contribution in [0.4, 0.5) is 5.69 Å². The van der Waals surface area contributed by atoms with Crippen LogP contribution < -0.4 is 0 Å². The van der Waals surface area contributed by atoms with Gasteiger partial charge in [-0.2, -0.15) is 0 Å². The number of hydrogen-bond donors (Lipinski definition) is 0. The number of nitro benzene ring substituents is 1. The van der Waals surface area contributed by atoms with Crippen LogP contribution in [0, 0.1) is 10.1 Å². The van der Waals surface area contributed by atoms with Gasteiger partial charge in [0.15, 0.2) is 6.29 Å². The van der Waals surface area contributed by atoms with Gasteiger partial charge in [-0.3, -0.25) is 14.9 Å². The van der Waals surface area contributed by atoms with Crippen LogP contribution in [0.25, 0.3) is 0 Å². The van der Waals surface area contributed by atoms with E-state index in [1.165, 1.54) is 12.1 Å². The molecule has 0 fully saturated rings. The van der Waals surface area contributed by atoms with Crippen LogP contribution >= 0.6 is 11.6 Å². The van der Waals surface area contributed by atoms with Crippen LogP contribution in [-0.2, 0) is 0 Å². The number of halogens is 1. The lowest BCUT2D eigenvalue weighted by molar-refractivity contribution is -0.384. The molecule has 0 saturated carbocycles. The summed E-state index contributed by atoms with van der Waals surface area (Å²) in [5, 5.41) is 10.3. The Bertz CT molecular complexity index is 337. The first-order valence-electron chi connectivity index (χ1n) is 3.04. The Labute approximate surface area is 72.9 Å². The van der Waals surface area contributed by atoms with Crippen molar-refractivity contribution in [3.05, 3.63) is 38.9 Å². The van der Waals surface area contributed by atoms with E-state index in [0.29, 0.717) is 6.29 Å². The normalized spacial score (nSPS) is 9.42. The van der Waals surface area contributed by atoms with Gasteiger partial charge in [-0.05, 0) is 6.07 Å². The Kier molecular flexibility index (Phi) is 2.40. The lowest BCUT2D eigenvalue weighted by atomic mass is 10.2. The van der Waals surface area contributed by atoms with E-state index < -0.39 is 4.92 Å². The summed E-state index contributed by atoms with van der Waals surface area (Å²) in [6, 6.07) is 3.69. The number of hydrogen-bond acceptors (Lipinski definition) is 3. The molecule has 0 unspecified atom stereocenters. The summed E-state index contributed by atoms with van der Waals surface area (Å²) in [5.74, 6) is 0. The predicted octanol–water partition coefficient (Wildman–Crippen LogP) is 2.06. The van der Waals surface area contributed by atoms with Crippen LogP contribution in [0.2, 0.25) is 5.02 Å². The van der Waals surface area contributed by atoms with Crippen LogP contribution in [0.1, 0.15) is 10.4 Å². The Hall–Kier alpha value is -1.42. The largest absolute Gasteiger partial charge is 0.298 e. The van der Waals surface area contributed by atoms with Gasteiger partial charge in [0.05, 0.1) is 9.95 Å². The third-order valence-electron chi connectivity index (χ3n) is 1.32. The van der Waals surface area contributed by atoms with Gasteiger partial charge in [-0.25, -0.2) is 0 Å². The summed E-state index contributed by atoms with van der Waals surface area (Å²) in [6.07, 6.45) is 0.548. The first kappa shape index (κ1) is 8.67. The van der Waals surface area contributed by atoms with Gasteiger partial charge in [-0.15, -0.1) is 0 Å². The zero-order valence-corrected chi connectivity index (χ0v) is 6.62. The lowest BCUT2D eigenvalue weighted by Crippen LogP contribution is -1.89. The molecule has 0 aromatic heterocycles. The monoisotopic (exact) mass is 185 g/mol. The average molecular weight is 186 g/mol. The van der Waals surface area contributed by atoms with Gasteiger partial charge in [0, 0.05) is 17.7 Å². The summed E-state index contributed by atoms with van der Waals surface area (Å²) in [5.41, 5.74) is 0.132. The Morgan fingerprint density at radius 1 is 1.50 bits per heavy atom. The summed E-state index contributed by atoms with van der Waals surface area (Å²) in [4.78, 5) is 19.9. The van der Waals surface area contributed by atoms with Crippen molar-refractivity contribution < 1.29 is 9.72 Å². The minimum Gasteiger partial charge on any atom is -0.298 e. The highest BCUT2D eigenvalue weighted by Gasteiger charge is 2.07. The average Bonchev–Trinajstić information content (AvgIpc) is 2.04. The topological polar surface area (TPSA) is 60.2 Å². The molecule has 1 aromatic carbocycles. The zero-order chi connectivity index (χ0) is 9.14. The van der Waals surface area contributed by atoms with E-state index in [1.807, 2.05) is 0 Å². The third kappa shape index (κ3) is 1.60. The third-order valence-corrected chi connectivity index (χ3v) is 1.65. The number of nitrogens with zero attached hydrogens (tertiary/aromatic N) is 1. The number of carbonyl (C=O) groups is 1. The molecule has 0 heterocycles. The molecule has 1 aromatic rings. The molecule has 0 saturated heterocycles. The maximum atomic E-state index is 10.3. The van der Waals surface area contributed by atoms with Crippen molar-refractivity contribution in [3.63, 3.8) is 0 Å². The summed E-state index contributed by atoms with van der Waals surface area (Å²) >= 11 is 5.54. The van der Waals surface area contributed by atoms with Crippen molar-refractivity contribution in [2.75, 3.05) is 0 Å². The van der Waals surface area contributed by atoms with Crippen molar-refractivity contribution in [1.29, 1.82) is 0 Å². The van der Waals surface area contributed by atoms with Crippen LogP contribution in [0.5, 0.6) is 0 Å². The molecule has 4 nitrogen and oxygen atoms in total. The van der Waals surface area contributed by atoms with Gasteiger partial charge in [0.1, 0.15) is 0 Å². The highest BCUT2D eigenvalue weighted by Crippen LogP contribution is 2.20. The van der Waals surface area contributed by atoms with Gasteiger partial charge in [-0.1, -0.05) is 11.6 Å². The van der Waals surface area contributed by atoms with Crippen LogP contribution in [-0.4, -0.2) is 11.2 Å². The fourth-order valence-electron chi connectivity index (χ4n) is 0.725. The lowest BCUT2D eigenvalue weighted by Gasteiger charge is -1.94. The number of nitro groups is 1. The maximum Gasteiger partial charge on any atom is 0.270 e. The van der Waals surface area contributed by atoms with Crippen molar-refractivity contribution in [2.24, 2.45) is 0 Å². The second-order valence-corrected chi connectivity index (χ2v) is 2.49. The molecule has 0 amide bonds. The van der Waals surface area contributed by atoms with Gasteiger partial charge in [0.25, 0.3) is 5.69 Å².